The summed E-state index contributed by atoms with van der Waals surface area (Å²) in [4.78, 5) is 12.5. The maximum absolute atomic E-state index is 12.5. The molecule has 2 aromatic carbocycles. The second-order valence-electron chi connectivity index (χ2n) is 6.11. The first kappa shape index (κ1) is 19.0. The van der Waals surface area contributed by atoms with Crippen molar-refractivity contribution in [3.05, 3.63) is 59.7 Å². The Labute approximate surface area is 149 Å². The lowest BCUT2D eigenvalue weighted by molar-refractivity contribution is 0.102. The summed E-state index contributed by atoms with van der Waals surface area (Å²) < 4.78 is 25.0. The predicted molar refractivity (Wildman–Crippen MR) is 103 cm³/mol. The standard InChI is InChI=1S/C19H24N2O3S/c1-5-25(23,24)21(4)16-12-10-15(11-13-16)19(22)20-18-9-7-6-8-17(18)14(2)3/h6-14H,5H2,1-4H3,(H,20,22). The van der Waals surface area contributed by atoms with Crippen molar-refractivity contribution in [1.29, 1.82) is 0 Å². The van der Waals surface area contributed by atoms with E-state index in [1.165, 1.54) is 11.4 Å². The van der Waals surface area contributed by atoms with Gasteiger partial charge in [0.1, 0.15) is 0 Å². The second-order valence-corrected chi connectivity index (χ2v) is 8.40. The first-order valence-corrected chi connectivity index (χ1v) is 9.84. The van der Waals surface area contributed by atoms with E-state index >= 15 is 0 Å². The van der Waals surface area contributed by atoms with Gasteiger partial charge in [-0.05, 0) is 48.7 Å². The summed E-state index contributed by atoms with van der Waals surface area (Å²) in [7, 11) is -1.81. The molecule has 0 aliphatic heterocycles. The molecule has 2 aromatic rings. The smallest absolute Gasteiger partial charge is 0.255 e. The van der Waals surface area contributed by atoms with Gasteiger partial charge in [0.15, 0.2) is 0 Å². The fourth-order valence-corrected chi connectivity index (χ4v) is 3.32. The highest BCUT2D eigenvalue weighted by atomic mass is 32.2. The highest BCUT2D eigenvalue weighted by molar-refractivity contribution is 7.92. The number of nitrogens with zero attached hydrogens (tertiary/aromatic N) is 1. The minimum absolute atomic E-state index is 0.0255. The Bertz CT molecular complexity index is 843. The largest absolute Gasteiger partial charge is 0.322 e. The molecule has 0 saturated carbocycles. The molecule has 1 amide bonds. The van der Waals surface area contributed by atoms with Gasteiger partial charge in [0, 0.05) is 18.3 Å². The number of benzene rings is 2. The van der Waals surface area contributed by atoms with Gasteiger partial charge in [0.05, 0.1) is 11.4 Å². The van der Waals surface area contributed by atoms with E-state index in [-0.39, 0.29) is 11.7 Å². The number of nitrogens with one attached hydrogen (secondary N) is 1. The van der Waals surface area contributed by atoms with Crippen molar-refractivity contribution in [2.75, 3.05) is 22.4 Å². The lowest BCUT2D eigenvalue weighted by Crippen LogP contribution is -2.28. The number of para-hydroxylation sites is 1. The topological polar surface area (TPSA) is 66.5 Å². The van der Waals surface area contributed by atoms with Crippen molar-refractivity contribution in [3.8, 4) is 0 Å². The third-order valence-electron chi connectivity index (χ3n) is 4.11. The average molecular weight is 360 g/mol. The Morgan fingerprint density at radius 3 is 2.24 bits per heavy atom. The van der Waals surface area contributed by atoms with Gasteiger partial charge < -0.3 is 5.32 Å². The van der Waals surface area contributed by atoms with Gasteiger partial charge in [0.25, 0.3) is 5.91 Å². The number of rotatable bonds is 6. The molecule has 0 unspecified atom stereocenters. The van der Waals surface area contributed by atoms with Crippen LogP contribution < -0.4 is 9.62 Å². The van der Waals surface area contributed by atoms with Crippen molar-refractivity contribution in [1.82, 2.24) is 0 Å². The minimum atomic E-state index is -3.32. The van der Waals surface area contributed by atoms with Crippen molar-refractivity contribution < 1.29 is 13.2 Å². The minimum Gasteiger partial charge on any atom is -0.322 e. The summed E-state index contributed by atoms with van der Waals surface area (Å²) in [6, 6.07) is 14.2. The van der Waals surface area contributed by atoms with Gasteiger partial charge in [-0.15, -0.1) is 0 Å². The highest BCUT2D eigenvalue weighted by Crippen LogP contribution is 2.24. The predicted octanol–water partition coefficient (Wildman–Crippen LogP) is 3.85. The summed E-state index contributed by atoms with van der Waals surface area (Å²) in [5.41, 5.74) is 2.86. The molecule has 0 aliphatic carbocycles. The van der Waals surface area contributed by atoms with Crippen molar-refractivity contribution in [3.63, 3.8) is 0 Å². The molecule has 0 bridgehead atoms. The average Bonchev–Trinajstić information content (AvgIpc) is 2.61. The van der Waals surface area contributed by atoms with E-state index in [2.05, 4.69) is 19.2 Å². The quantitative estimate of drug-likeness (QED) is 0.851. The third-order valence-corrected chi connectivity index (χ3v) is 5.88. The lowest BCUT2D eigenvalue weighted by atomic mass is 10.0. The number of carbonyl (C=O) groups is 1. The molecule has 1 N–H and O–H groups in total. The van der Waals surface area contributed by atoms with Gasteiger partial charge in [-0.2, -0.15) is 0 Å². The van der Waals surface area contributed by atoms with Crippen LogP contribution >= 0.6 is 0 Å². The number of amides is 1. The van der Waals surface area contributed by atoms with E-state index in [4.69, 9.17) is 0 Å². The van der Waals surface area contributed by atoms with Gasteiger partial charge in [-0.1, -0.05) is 32.0 Å². The first-order chi connectivity index (χ1) is 11.8. The van der Waals surface area contributed by atoms with Crippen LogP contribution in [0.15, 0.2) is 48.5 Å². The maximum atomic E-state index is 12.5. The summed E-state index contributed by atoms with van der Waals surface area (Å²) >= 11 is 0. The van der Waals surface area contributed by atoms with E-state index < -0.39 is 10.0 Å². The van der Waals surface area contributed by atoms with Gasteiger partial charge >= 0.3 is 0 Å². The molecule has 5 nitrogen and oxygen atoms in total. The van der Waals surface area contributed by atoms with Crippen LogP contribution in [0, 0.1) is 0 Å². The highest BCUT2D eigenvalue weighted by Gasteiger charge is 2.16. The summed E-state index contributed by atoms with van der Waals surface area (Å²) in [6.07, 6.45) is 0. The van der Waals surface area contributed by atoms with Crippen LogP contribution in [-0.2, 0) is 10.0 Å². The Balaban J connectivity index is 2.19. The fourth-order valence-electron chi connectivity index (χ4n) is 2.49. The summed E-state index contributed by atoms with van der Waals surface area (Å²) in [6.45, 7) is 5.74. The molecule has 0 fully saturated rings. The number of carbonyl (C=O) groups excluding carboxylic acids is 1. The summed E-state index contributed by atoms with van der Waals surface area (Å²) in [5.74, 6) is 0.102. The monoisotopic (exact) mass is 360 g/mol. The van der Waals surface area contributed by atoms with E-state index in [0.717, 1.165) is 11.3 Å². The molecule has 0 spiro atoms. The molecule has 0 heterocycles. The normalized spacial score (nSPS) is 11.4. The van der Waals surface area contributed by atoms with Crippen molar-refractivity contribution in [2.45, 2.75) is 26.7 Å². The maximum Gasteiger partial charge on any atom is 0.255 e. The SMILES string of the molecule is CCS(=O)(=O)N(C)c1ccc(C(=O)Nc2ccccc2C(C)C)cc1. The van der Waals surface area contributed by atoms with Crippen LogP contribution in [0.5, 0.6) is 0 Å². The van der Waals surface area contributed by atoms with Crippen LogP contribution in [-0.4, -0.2) is 27.1 Å². The van der Waals surface area contributed by atoms with Gasteiger partial charge in [0.2, 0.25) is 10.0 Å². The summed E-state index contributed by atoms with van der Waals surface area (Å²) in [5, 5.41) is 2.93. The first-order valence-electron chi connectivity index (χ1n) is 8.23. The molecule has 0 atom stereocenters. The van der Waals surface area contributed by atoms with Crippen LogP contribution in [0.2, 0.25) is 0 Å². The van der Waals surface area contributed by atoms with E-state index in [1.807, 2.05) is 24.3 Å². The van der Waals surface area contributed by atoms with Crippen molar-refractivity contribution >= 4 is 27.3 Å². The number of hydrogen-bond donors (Lipinski definition) is 1. The molecular weight excluding hydrogens is 336 g/mol. The number of anilines is 2. The number of sulfonamides is 1. The molecule has 25 heavy (non-hydrogen) atoms. The molecule has 0 saturated heterocycles. The Morgan fingerprint density at radius 1 is 1.08 bits per heavy atom. The zero-order valence-electron chi connectivity index (χ0n) is 15.0. The molecular formula is C19H24N2O3S. The molecule has 0 aliphatic rings. The lowest BCUT2D eigenvalue weighted by Gasteiger charge is -2.18. The third kappa shape index (κ3) is 4.39. The zero-order valence-corrected chi connectivity index (χ0v) is 15.8. The van der Waals surface area contributed by atoms with E-state index in [1.54, 1.807) is 31.2 Å². The number of hydrogen-bond acceptors (Lipinski definition) is 3. The van der Waals surface area contributed by atoms with Crippen LogP contribution in [0.1, 0.15) is 42.6 Å². The molecule has 0 radical (unpaired) electrons. The molecule has 6 heteroatoms. The molecule has 2 rings (SSSR count). The molecule has 134 valence electrons. The van der Waals surface area contributed by atoms with Crippen LogP contribution in [0.25, 0.3) is 0 Å². The van der Waals surface area contributed by atoms with Gasteiger partial charge in [-0.25, -0.2) is 8.42 Å². The van der Waals surface area contributed by atoms with Crippen LogP contribution in [0.3, 0.4) is 0 Å². The Morgan fingerprint density at radius 2 is 1.68 bits per heavy atom. The second kappa shape index (κ2) is 7.70. The van der Waals surface area contributed by atoms with Gasteiger partial charge in [-0.3, -0.25) is 9.10 Å². The fraction of sp³-hybridized carbons (Fsp3) is 0.316. The van der Waals surface area contributed by atoms with E-state index in [0.29, 0.717) is 17.2 Å². The van der Waals surface area contributed by atoms with Crippen LogP contribution in [0.4, 0.5) is 11.4 Å². The Kier molecular flexibility index (Phi) is 5.85. The Hall–Kier alpha value is -2.34. The molecule has 0 aromatic heterocycles. The van der Waals surface area contributed by atoms with E-state index in [9.17, 15) is 13.2 Å². The van der Waals surface area contributed by atoms with Crippen molar-refractivity contribution in [2.24, 2.45) is 0 Å². The zero-order chi connectivity index (χ0) is 18.6.